The number of halogens is 3. The van der Waals surface area contributed by atoms with Crippen molar-refractivity contribution in [2.45, 2.75) is 19.2 Å². The summed E-state index contributed by atoms with van der Waals surface area (Å²) in [7, 11) is 1.67. The minimum atomic E-state index is -4.51. The number of nitrogens with zero attached hydrogens (tertiary/aromatic N) is 1. The fourth-order valence-corrected chi connectivity index (χ4v) is 2.19. The van der Waals surface area contributed by atoms with Crippen LogP contribution in [0, 0.1) is 5.92 Å². The van der Waals surface area contributed by atoms with Crippen molar-refractivity contribution in [1.82, 2.24) is 10.2 Å². The van der Waals surface area contributed by atoms with E-state index in [4.69, 9.17) is 4.74 Å². The molecule has 0 aliphatic carbocycles. The van der Waals surface area contributed by atoms with Gasteiger partial charge in [-0.3, -0.25) is 4.74 Å². The Kier molecular flexibility index (Phi) is 7.67. The first kappa shape index (κ1) is 16.7. The molecule has 0 spiro atoms. The maximum Gasteiger partial charge on any atom is 0.522 e. The Balaban J connectivity index is 2.02. The number of ether oxygens (including phenoxy) is 2. The number of hydrogen-bond acceptors (Lipinski definition) is 4. The lowest BCUT2D eigenvalue weighted by atomic mass is 9.97. The second-order valence-corrected chi connectivity index (χ2v) is 4.78. The van der Waals surface area contributed by atoms with Gasteiger partial charge in [-0.2, -0.15) is 0 Å². The van der Waals surface area contributed by atoms with E-state index < -0.39 is 6.36 Å². The molecule has 0 bridgehead atoms. The molecule has 114 valence electrons. The summed E-state index contributed by atoms with van der Waals surface area (Å²) >= 11 is 0. The van der Waals surface area contributed by atoms with Crippen LogP contribution in [0.15, 0.2) is 0 Å². The molecule has 0 aromatic heterocycles. The summed E-state index contributed by atoms with van der Waals surface area (Å²) in [5, 5.41) is 3.32. The minimum Gasteiger partial charge on any atom is -0.383 e. The first-order valence-corrected chi connectivity index (χ1v) is 6.64. The maximum atomic E-state index is 11.8. The second kappa shape index (κ2) is 8.73. The number of likely N-dealkylation sites (tertiary alicyclic amines) is 1. The Morgan fingerprint density at radius 3 is 2.47 bits per heavy atom. The van der Waals surface area contributed by atoms with Gasteiger partial charge in [-0.1, -0.05) is 0 Å². The molecule has 1 N–H and O–H groups in total. The van der Waals surface area contributed by atoms with Crippen molar-refractivity contribution in [2.24, 2.45) is 5.92 Å². The summed E-state index contributed by atoms with van der Waals surface area (Å²) in [5.41, 5.74) is 0. The minimum absolute atomic E-state index is 0.278. The fraction of sp³-hybridized carbons (Fsp3) is 1.00. The Labute approximate surface area is 112 Å². The van der Waals surface area contributed by atoms with Crippen LogP contribution in [0.5, 0.6) is 0 Å². The van der Waals surface area contributed by atoms with Crippen LogP contribution in [-0.2, 0) is 9.47 Å². The van der Waals surface area contributed by atoms with Crippen molar-refractivity contribution in [3.63, 3.8) is 0 Å². The molecule has 1 saturated heterocycles. The zero-order valence-corrected chi connectivity index (χ0v) is 11.3. The molecule has 0 aromatic carbocycles. The Morgan fingerprint density at radius 2 is 1.89 bits per heavy atom. The van der Waals surface area contributed by atoms with E-state index in [1.807, 2.05) is 4.90 Å². The summed E-state index contributed by atoms with van der Waals surface area (Å²) < 4.78 is 44.2. The normalized spacial score (nSPS) is 18.9. The molecule has 1 aliphatic rings. The Bertz CT molecular complexity index is 232. The van der Waals surface area contributed by atoms with Crippen molar-refractivity contribution in [2.75, 3.05) is 53.0 Å². The zero-order chi connectivity index (χ0) is 14.1. The SMILES string of the molecule is COCCNCC1CCN(CCOC(F)(F)F)CC1. The summed E-state index contributed by atoms with van der Waals surface area (Å²) in [4.78, 5) is 2.03. The largest absolute Gasteiger partial charge is 0.522 e. The van der Waals surface area contributed by atoms with Gasteiger partial charge in [0.15, 0.2) is 0 Å². The lowest BCUT2D eigenvalue weighted by Gasteiger charge is -2.32. The van der Waals surface area contributed by atoms with Crippen molar-refractivity contribution in [3.05, 3.63) is 0 Å². The van der Waals surface area contributed by atoms with Crippen LogP contribution in [-0.4, -0.2) is 64.3 Å². The highest BCUT2D eigenvalue weighted by molar-refractivity contribution is 4.73. The van der Waals surface area contributed by atoms with Gasteiger partial charge in [0.2, 0.25) is 0 Å². The summed E-state index contributed by atoms with van der Waals surface area (Å²) in [5.74, 6) is 0.608. The van der Waals surface area contributed by atoms with Crippen molar-refractivity contribution in [1.29, 1.82) is 0 Å². The van der Waals surface area contributed by atoms with E-state index in [0.717, 1.165) is 39.0 Å². The van der Waals surface area contributed by atoms with E-state index in [0.29, 0.717) is 19.1 Å². The Hall–Kier alpha value is -0.370. The average Bonchev–Trinajstić information content (AvgIpc) is 2.35. The molecular weight excluding hydrogens is 261 g/mol. The third-order valence-electron chi connectivity index (χ3n) is 3.30. The van der Waals surface area contributed by atoms with Crippen LogP contribution in [0.1, 0.15) is 12.8 Å². The molecule has 1 rings (SSSR count). The van der Waals surface area contributed by atoms with Gasteiger partial charge in [0.1, 0.15) is 0 Å². The van der Waals surface area contributed by atoms with Gasteiger partial charge in [0.05, 0.1) is 13.2 Å². The number of rotatable bonds is 8. The maximum absolute atomic E-state index is 11.8. The van der Waals surface area contributed by atoms with E-state index in [1.54, 1.807) is 7.11 Å². The van der Waals surface area contributed by atoms with Crippen molar-refractivity contribution >= 4 is 0 Å². The molecular formula is C12H23F3N2O2. The van der Waals surface area contributed by atoms with Crippen LogP contribution >= 0.6 is 0 Å². The molecule has 1 fully saturated rings. The molecule has 0 atom stereocenters. The summed E-state index contributed by atoms with van der Waals surface area (Å²) in [6, 6.07) is 0. The lowest BCUT2D eigenvalue weighted by molar-refractivity contribution is -0.325. The van der Waals surface area contributed by atoms with Crippen molar-refractivity contribution in [3.8, 4) is 0 Å². The summed E-state index contributed by atoms with van der Waals surface area (Å²) in [6.45, 7) is 4.26. The Morgan fingerprint density at radius 1 is 1.21 bits per heavy atom. The van der Waals surface area contributed by atoms with Gasteiger partial charge >= 0.3 is 6.36 Å². The van der Waals surface area contributed by atoms with E-state index in [9.17, 15) is 13.2 Å². The van der Waals surface area contributed by atoms with Gasteiger partial charge in [0, 0.05) is 20.2 Å². The van der Waals surface area contributed by atoms with Crippen LogP contribution in [0.4, 0.5) is 13.2 Å². The predicted molar refractivity (Wildman–Crippen MR) is 65.9 cm³/mol. The van der Waals surface area contributed by atoms with Crippen LogP contribution < -0.4 is 5.32 Å². The van der Waals surface area contributed by atoms with Gasteiger partial charge < -0.3 is 15.0 Å². The molecule has 0 aromatic rings. The number of hydrogen-bond donors (Lipinski definition) is 1. The van der Waals surface area contributed by atoms with Gasteiger partial charge in [-0.05, 0) is 38.4 Å². The van der Waals surface area contributed by atoms with E-state index in [-0.39, 0.29) is 6.61 Å². The highest BCUT2D eigenvalue weighted by Gasteiger charge is 2.29. The first-order chi connectivity index (χ1) is 9.01. The smallest absolute Gasteiger partial charge is 0.383 e. The topological polar surface area (TPSA) is 33.7 Å². The third kappa shape index (κ3) is 8.41. The summed E-state index contributed by atoms with van der Waals surface area (Å²) in [6.07, 6.45) is -2.47. The van der Waals surface area contributed by atoms with Crippen molar-refractivity contribution < 1.29 is 22.6 Å². The number of alkyl halides is 3. The van der Waals surface area contributed by atoms with E-state index >= 15 is 0 Å². The van der Waals surface area contributed by atoms with E-state index in [2.05, 4.69) is 10.1 Å². The fourth-order valence-electron chi connectivity index (χ4n) is 2.19. The molecule has 1 heterocycles. The monoisotopic (exact) mass is 284 g/mol. The molecule has 0 unspecified atom stereocenters. The first-order valence-electron chi connectivity index (χ1n) is 6.64. The highest BCUT2D eigenvalue weighted by Crippen LogP contribution is 2.18. The lowest BCUT2D eigenvalue weighted by Crippen LogP contribution is -2.39. The molecule has 0 radical (unpaired) electrons. The molecule has 19 heavy (non-hydrogen) atoms. The number of nitrogens with one attached hydrogen (secondary N) is 1. The van der Waals surface area contributed by atoms with Gasteiger partial charge in [-0.25, -0.2) is 0 Å². The second-order valence-electron chi connectivity index (χ2n) is 4.78. The van der Waals surface area contributed by atoms with Gasteiger partial charge in [-0.15, -0.1) is 13.2 Å². The molecule has 7 heteroatoms. The standard InChI is InChI=1S/C12H23F3N2O2/c1-18-8-4-16-10-11-2-5-17(6-3-11)7-9-19-12(13,14)15/h11,16H,2-10H2,1H3. The quantitative estimate of drug-likeness (QED) is 0.684. The molecule has 4 nitrogen and oxygen atoms in total. The third-order valence-corrected chi connectivity index (χ3v) is 3.30. The number of piperidine rings is 1. The van der Waals surface area contributed by atoms with Crippen LogP contribution in [0.3, 0.4) is 0 Å². The number of methoxy groups -OCH3 is 1. The van der Waals surface area contributed by atoms with Gasteiger partial charge in [0.25, 0.3) is 0 Å². The van der Waals surface area contributed by atoms with Crippen LogP contribution in [0.2, 0.25) is 0 Å². The zero-order valence-electron chi connectivity index (χ0n) is 11.3. The molecule has 0 saturated carbocycles. The molecule has 0 amide bonds. The highest BCUT2D eigenvalue weighted by atomic mass is 19.4. The van der Waals surface area contributed by atoms with Crippen LogP contribution in [0.25, 0.3) is 0 Å². The predicted octanol–water partition coefficient (Wildman–Crippen LogP) is 1.47. The average molecular weight is 284 g/mol. The van der Waals surface area contributed by atoms with E-state index in [1.165, 1.54) is 0 Å². The molecule has 1 aliphatic heterocycles.